The Morgan fingerprint density at radius 1 is 1.15 bits per heavy atom. The highest BCUT2D eigenvalue weighted by atomic mass is 16.5. The van der Waals surface area contributed by atoms with Crippen LogP contribution < -0.4 is 0 Å². The fourth-order valence-corrected chi connectivity index (χ4v) is 0.827. The van der Waals surface area contributed by atoms with Crippen molar-refractivity contribution in [2.24, 2.45) is 5.41 Å². The molecule has 0 aromatic heterocycles. The zero-order valence-corrected chi connectivity index (χ0v) is 7.94. The smallest absolute Gasteiger partial charge is 0.0881 e. The molecule has 0 aromatic rings. The lowest BCUT2D eigenvalue weighted by Crippen LogP contribution is -2.35. The van der Waals surface area contributed by atoms with Crippen LogP contribution in [-0.2, 0) is 4.74 Å². The predicted molar refractivity (Wildman–Crippen MR) is 49.1 cm³/mol. The topological polar surface area (TPSA) is 69.9 Å². The molecule has 0 spiro atoms. The lowest BCUT2D eigenvalue weighted by Gasteiger charge is -2.26. The monoisotopic (exact) mass is 190 g/mol. The Hall–Kier alpha value is -0.580. The zero-order chi connectivity index (χ0) is 10.2. The first kappa shape index (κ1) is 12.4. The molecule has 4 nitrogen and oxygen atoms in total. The van der Waals surface area contributed by atoms with Gasteiger partial charge in [0.15, 0.2) is 0 Å². The SMILES string of the molecule is CC=COCCC(CO)(CO)CO. The van der Waals surface area contributed by atoms with Crippen molar-refractivity contribution in [1.29, 1.82) is 0 Å². The maximum absolute atomic E-state index is 8.94. The third kappa shape index (κ3) is 4.26. The van der Waals surface area contributed by atoms with Crippen LogP contribution in [0.1, 0.15) is 13.3 Å². The summed E-state index contributed by atoms with van der Waals surface area (Å²) >= 11 is 0. The normalized spacial score (nSPS) is 12.3. The second kappa shape index (κ2) is 6.88. The Kier molecular flexibility index (Phi) is 6.58. The van der Waals surface area contributed by atoms with Crippen molar-refractivity contribution in [1.82, 2.24) is 0 Å². The summed E-state index contributed by atoms with van der Waals surface area (Å²) in [6.07, 6.45) is 3.72. The van der Waals surface area contributed by atoms with Crippen LogP contribution in [0.2, 0.25) is 0 Å². The minimum absolute atomic E-state index is 0.237. The number of aliphatic hydroxyl groups is 3. The summed E-state index contributed by atoms with van der Waals surface area (Å²) in [6.45, 7) is 1.50. The van der Waals surface area contributed by atoms with Gasteiger partial charge < -0.3 is 20.1 Å². The van der Waals surface area contributed by atoms with E-state index in [4.69, 9.17) is 20.1 Å². The molecular formula is C9H18O4. The van der Waals surface area contributed by atoms with Gasteiger partial charge in [0.05, 0.1) is 32.7 Å². The molecule has 0 radical (unpaired) electrons. The fourth-order valence-electron chi connectivity index (χ4n) is 0.827. The van der Waals surface area contributed by atoms with E-state index in [0.29, 0.717) is 13.0 Å². The third-order valence-electron chi connectivity index (χ3n) is 1.99. The van der Waals surface area contributed by atoms with E-state index in [1.807, 2.05) is 6.92 Å². The molecule has 4 heteroatoms. The summed E-state index contributed by atoms with van der Waals surface area (Å²) in [6, 6.07) is 0. The number of hydrogen-bond donors (Lipinski definition) is 3. The number of allylic oxidation sites excluding steroid dienone is 1. The van der Waals surface area contributed by atoms with E-state index in [2.05, 4.69) is 0 Å². The molecule has 0 atom stereocenters. The third-order valence-corrected chi connectivity index (χ3v) is 1.99. The summed E-state index contributed by atoms with van der Waals surface area (Å²) in [5, 5.41) is 26.8. The maximum Gasteiger partial charge on any atom is 0.0881 e. The lowest BCUT2D eigenvalue weighted by atomic mass is 9.88. The van der Waals surface area contributed by atoms with Crippen LogP contribution in [-0.4, -0.2) is 41.7 Å². The first-order valence-electron chi connectivity index (χ1n) is 4.30. The molecule has 0 aliphatic heterocycles. The van der Waals surface area contributed by atoms with E-state index in [9.17, 15) is 0 Å². The van der Waals surface area contributed by atoms with Crippen molar-refractivity contribution in [3.63, 3.8) is 0 Å². The highest BCUT2D eigenvalue weighted by molar-refractivity contribution is 4.77. The molecule has 0 amide bonds. The maximum atomic E-state index is 8.94. The van der Waals surface area contributed by atoms with Gasteiger partial charge in [0.1, 0.15) is 0 Å². The van der Waals surface area contributed by atoms with Crippen molar-refractivity contribution in [3.8, 4) is 0 Å². The molecule has 0 unspecified atom stereocenters. The quantitative estimate of drug-likeness (QED) is 0.387. The summed E-state index contributed by atoms with van der Waals surface area (Å²) in [7, 11) is 0. The Morgan fingerprint density at radius 3 is 2.08 bits per heavy atom. The van der Waals surface area contributed by atoms with Gasteiger partial charge in [0, 0.05) is 5.41 Å². The Morgan fingerprint density at radius 2 is 1.69 bits per heavy atom. The van der Waals surface area contributed by atoms with E-state index >= 15 is 0 Å². The molecule has 3 N–H and O–H groups in total. The standard InChI is InChI=1S/C9H18O4/c1-2-4-13-5-3-9(6-10,7-11)8-12/h2,4,10-12H,3,5-8H2,1H3. The Balaban J connectivity index is 3.81. The molecule has 0 aromatic carbocycles. The van der Waals surface area contributed by atoms with Gasteiger partial charge in [0.25, 0.3) is 0 Å². The van der Waals surface area contributed by atoms with Gasteiger partial charge in [-0.25, -0.2) is 0 Å². The molecule has 0 rings (SSSR count). The van der Waals surface area contributed by atoms with E-state index in [0.717, 1.165) is 0 Å². The fraction of sp³-hybridized carbons (Fsp3) is 0.778. The van der Waals surface area contributed by atoms with Crippen molar-refractivity contribution >= 4 is 0 Å². The van der Waals surface area contributed by atoms with Gasteiger partial charge in [-0.1, -0.05) is 6.08 Å². The molecular weight excluding hydrogens is 172 g/mol. The average Bonchev–Trinajstić information content (AvgIpc) is 2.20. The first-order valence-corrected chi connectivity index (χ1v) is 4.30. The van der Waals surface area contributed by atoms with Crippen molar-refractivity contribution in [3.05, 3.63) is 12.3 Å². The molecule has 0 bridgehead atoms. The van der Waals surface area contributed by atoms with Crippen LogP contribution in [0.4, 0.5) is 0 Å². The summed E-state index contributed by atoms with van der Waals surface area (Å²) in [4.78, 5) is 0. The summed E-state index contributed by atoms with van der Waals surface area (Å²) in [5.41, 5.74) is -0.818. The van der Waals surface area contributed by atoms with Gasteiger partial charge in [-0.2, -0.15) is 0 Å². The molecule has 0 saturated carbocycles. The van der Waals surface area contributed by atoms with Crippen LogP contribution in [0, 0.1) is 5.41 Å². The highest BCUT2D eigenvalue weighted by Gasteiger charge is 2.27. The molecule has 13 heavy (non-hydrogen) atoms. The van der Waals surface area contributed by atoms with E-state index in [1.54, 1.807) is 6.08 Å². The number of hydrogen-bond acceptors (Lipinski definition) is 4. The van der Waals surface area contributed by atoms with Crippen molar-refractivity contribution in [2.45, 2.75) is 13.3 Å². The zero-order valence-electron chi connectivity index (χ0n) is 7.94. The van der Waals surface area contributed by atoms with Crippen LogP contribution >= 0.6 is 0 Å². The predicted octanol–water partition coefficient (Wildman–Crippen LogP) is -0.110. The van der Waals surface area contributed by atoms with E-state index in [-0.39, 0.29) is 19.8 Å². The molecule has 0 aliphatic carbocycles. The van der Waals surface area contributed by atoms with Crippen LogP contribution in [0.3, 0.4) is 0 Å². The number of rotatable bonds is 7. The van der Waals surface area contributed by atoms with Gasteiger partial charge in [-0.3, -0.25) is 0 Å². The molecule has 0 aliphatic rings. The van der Waals surface area contributed by atoms with Gasteiger partial charge in [-0.05, 0) is 13.3 Å². The highest BCUT2D eigenvalue weighted by Crippen LogP contribution is 2.19. The Labute approximate surface area is 78.5 Å². The minimum atomic E-state index is -0.818. The molecule has 0 heterocycles. The van der Waals surface area contributed by atoms with Crippen LogP contribution in [0.15, 0.2) is 12.3 Å². The second-order valence-corrected chi connectivity index (χ2v) is 3.06. The molecule has 0 saturated heterocycles. The van der Waals surface area contributed by atoms with Gasteiger partial charge >= 0.3 is 0 Å². The minimum Gasteiger partial charge on any atom is -0.502 e. The van der Waals surface area contributed by atoms with E-state index in [1.165, 1.54) is 6.26 Å². The second-order valence-electron chi connectivity index (χ2n) is 3.06. The largest absolute Gasteiger partial charge is 0.502 e. The average molecular weight is 190 g/mol. The van der Waals surface area contributed by atoms with Gasteiger partial charge in [-0.15, -0.1) is 0 Å². The van der Waals surface area contributed by atoms with Crippen LogP contribution in [0.5, 0.6) is 0 Å². The van der Waals surface area contributed by atoms with Crippen LogP contribution in [0.25, 0.3) is 0 Å². The van der Waals surface area contributed by atoms with Gasteiger partial charge in [0.2, 0.25) is 0 Å². The molecule has 78 valence electrons. The first-order chi connectivity index (χ1) is 6.24. The Bertz CT molecular complexity index is 132. The van der Waals surface area contributed by atoms with Crippen molar-refractivity contribution in [2.75, 3.05) is 26.4 Å². The number of ether oxygens (including phenoxy) is 1. The van der Waals surface area contributed by atoms with E-state index < -0.39 is 5.41 Å². The van der Waals surface area contributed by atoms with Crippen molar-refractivity contribution < 1.29 is 20.1 Å². The summed E-state index contributed by atoms with van der Waals surface area (Å²) in [5.74, 6) is 0. The number of aliphatic hydroxyl groups excluding tert-OH is 3. The summed E-state index contributed by atoms with van der Waals surface area (Å²) < 4.78 is 5.03. The lowest BCUT2D eigenvalue weighted by molar-refractivity contribution is -0.0124. The molecule has 0 fully saturated rings.